The van der Waals surface area contributed by atoms with E-state index < -0.39 is 5.60 Å². The fourth-order valence-corrected chi connectivity index (χ4v) is 3.25. The molecule has 1 aromatic rings. The van der Waals surface area contributed by atoms with Gasteiger partial charge < -0.3 is 10.4 Å². The molecule has 2 atom stereocenters. The number of rotatable bonds is 6. The third-order valence-corrected chi connectivity index (χ3v) is 4.62. The van der Waals surface area contributed by atoms with Crippen LogP contribution < -0.4 is 5.32 Å². The Hall–Kier alpha value is -1.40. The van der Waals surface area contributed by atoms with Crippen molar-refractivity contribution in [3.05, 3.63) is 18.0 Å². The Morgan fingerprint density at radius 3 is 2.57 bits per heavy atom. The van der Waals surface area contributed by atoms with Crippen molar-refractivity contribution in [1.29, 1.82) is 0 Å². The number of aryl methyl sites for hydroxylation is 1. The number of hydrogen-bond donors (Lipinski definition) is 2. The maximum atomic E-state index is 12.7. The molecule has 0 aromatic carbocycles. The smallest absolute Gasteiger partial charge is 0.237 e. The lowest BCUT2D eigenvalue weighted by atomic mass is 9.96. The second kappa shape index (κ2) is 7.45. The first-order valence-corrected chi connectivity index (χ1v) is 8.54. The van der Waals surface area contributed by atoms with E-state index >= 15 is 0 Å². The summed E-state index contributed by atoms with van der Waals surface area (Å²) in [5, 5.41) is 17.6. The summed E-state index contributed by atoms with van der Waals surface area (Å²) in [4.78, 5) is 15.0. The van der Waals surface area contributed by atoms with Gasteiger partial charge in [-0.05, 0) is 38.8 Å². The number of nitrogens with one attached hydrogen (secondary N) is 1. The Morgan fingerprint density at radius 1 is 1.39 bits per heavy atom. The van der Waals surface area contributed by atoms with Crippen LogP contribution in [-0.2, 0) is 17.4 Å². The molecule has 6 nitrogen and oxygen atoms in total. The van der Waals surface area contributed by atoms with Crippen LogP contribution in [0.2, 0.25) is 0 Å². The third kappa shape index (κ3) is 4.54. The van der Waals surface area contributed by atoms with Crippen LogP contribution in [0.25, 0.3) is 0 Å². The molecule has 1 aromatic heterocycles. The van der Waals surface area contributed by atoms with Crippen LogP contribution in [0.5, 0.6) is 0 Å². The van der Waals surface area contributed by atoms with Crippen molar-refractivity contribution in [3.8, 4) is 0 Å². The molecule has 0 aliphatic carbocycles. The topological polar surface area (TPSA) is 70.4 Å². The summed E-state index contributed by atoms with van der Waals surface area (Å²) >= 11 is 0. The monoisotopic (exact) mass is 322 g/mol. The number of amides is 1. The van der Waals surface area contributed by atoms with Crippen LogP contribution >= 0.6 is 0 Å². The molecule has 0 unspecified atom stereocenters. The van der Waals surface area contributed by atoms with Crippen molar-refractivity contribution in [2.24, 2.45) is 13.0 Å². The number of likely N-dealkylation sites (tertiary alicyclic amines) is 1. The number of piperidine rings is 1. The number of hydrogen-bond acceptors (Lipinski definition) is 4. The number of carbonyl (C=O) groups excluding carboxylic acids is 1. The summed E-state index contributed by atoms with van der Waals surface area (Å²) in [5.41, 5.74) is -0.410. The van der Waals surface area contributed by atoms with Gasteiger partial charge in [-0.15, -0.1) is 0 Å². The normalized spacial score (nSPS) is 20.3. The zero-order chi connectivity index (χ0) is 17.0. The van der Waals surface area contributed by atoms with Crippen LogP contribution in [0.3, 0.4) is 0 Å². The average Bonchev–Trinajstić information content (AvgIpc) is 2.94. The van der Waals surface area contributed by atoms with E-state index in [2.05, 4.69) is 29.2 Å². The first-order valence-electron chi connectivity index (χ1n) is 8.54. The Morgan fingerprint density at radius 2 is 2.04 bits per heavy atom. The van der Waals surface area contributed by atoms with Crippen LogP contribution in [-0.4, -0.2) is 51.4 Å². The average molecular weight is 322 g/mol. The zero-order valence-corrected chi connectivity index (χ0v) is 14.7. The molecule has 1 aliphatic rings. The molecular formula is C17H30N4O2. The summed E-state index contributed by atoms with van der Waals surface area (Å²) in [6, 6.07) is -0.125. The number of carbonyl (C=O) groups is 1. The molecule has 2 N–H and O–H groups in total. The van der Waals surface area contributed by atoms with Gasteiger partial charge in [0.05, 0.1) is 18.8 Å². The highest BCUT2D eigenvalue weighted by Gasteiger charge is 2.32. The SMILES string of the molecule is CC(C)[C@H](C(=O)NC[C@](C)(O)c1cnn(C)c1)N1CCCCC1. The van der Waals surface area contributed by atoms with Gasteiger partial charge in [-0.2, -0.15) is 5.10 Å². The lowest BCUT2D eigenvalue weighted by Gasteiger charge is -2.36. The number of aliphatic hydroxyl groups is 1. The number of nitrogens with zero attached hydrogens (tertiary/aromatic N) is 3. The van der Waals surface area contributed by atoms with E-state index in [0.29, 0.717) is 5.56 Å². The van der Waals surface area contributed by atoms with Gasteiger partial charge >= 0.3 is 0 Å². The zero-order valence-electron chi connectivity index (χ0n) is 14.7. The minimum absolute atomic E-state index is 0.00562. The maximum absolute atomic E-state index is 12.7. The van der Waals surface area contributed by atoms with Crippen molar-refractivity contribution in [2.45, 2.75) is 51.7 Å². The molecule has 2 rings (SSSR count). The molecule has 0 saturated carbocycles. The highest BCUT2D eigenvalue weighted by molar-refractivity contribution is 5.82. The second-order valence-electron chi connectivity index (χ2n) is 7.18. The first kappa shape index (κ1) is 17.9. The van der Waals surface area contributed by atoms with E-state index in [1.807, 2.05) is 7.05 Å². The summed E-state index contributed by atoms with van der Waals surface area (Å²) < 4.78 is 1.65. The summed E-state index contributed by atoms with van der Waals surface area (Å²) in [5.74, 6) is 0.252. The van der Waals surface area contributed by atoms with Gasteiger partial charge in [0.1, 0.15) is 5.60 Å². The van der Waals surface area contributed by atoms with Gasteiger partial charge in [0.2, 0.25) is 5.91 Å². The molecule has 0 spiro atoms. The van der Waals surface area contributed by atoms with Crippen molar-refractivity contribution in [3.63, 3.8) is 0 Å². The molecule has 0 radical (unpaired) electrons. The maximum Gasteiger partial charge on any atom is 0.237 e. The molecule has 23 heavy (non-hydrogen) atoms. The van der Waals surface area contributed by atoms with E-state index in [1.54, 1.807) is 24.0 Å². The van der Waals surface area contributed by atoms with E-state index in [1.165, 1.54) is 6.42 Å². The molecule has 1 amide bonds. The van der Waals surface area contributed by atoms with Gasteiger partial charge in [-0.1, -0.05) is 20.3 Å². The van der Waals surface area contributed by atoms with Crippen molar-refractivity contribution >= 4 is 5.91 Å². The molecule has 1 aliphatic heterocycles. The standard InChI is InChI=1S/C17H30N4O2/c1-13(2)15(21-8-6-5-7-9-21)16(22)18-12-17(3,23)14-10-19-20(4)11-14/h10-11,13,15,23H,5-9,12H2,1-4H3,(H,18,22)/t15-,17+/m1/s1. The van der Waals surface area contributed by atoms with E-state index in [4.69, 9.17) is 0 Å². The van der Waals surface area contributed by atoms with Crippen molar-refractivity contribution < 1.29 is 9.90 Å². The number of aromatic nitrogens is 2. The van der Waals surface area contributed by atoms with E-state index in [9.17, 15) is 9.90 Å². The summed E-state index contributed by atoms with van der Waals surface area (Å²) in [6.45, 7) is 8.02. The second-order valence-corrected chi connectivity index (χ2v) is 7.18. The summed E-state index contributed by atoms with van der Waals surface area (Å²) in [7, 11) is 1.81. The molecule has 1 fully saturated rings. The molecule has 2 heterocycles. The predicted molar refractivity (Wildman–Crippen MR) is 89.8 cm³/mol. The highest BCUT2D eigenvalue weighted by Crippen LogP contribution is 2.20. The van der Waals surface area contributed by atoms with Gasteiger partial charge in [-0.25, -0.2) is 0 Å². The Labute approximate surface area is 138 Å². The lowest BCUT2D eigenvalue weighted by Crippen LogP contribution is -2.53. The van der Waals surface area contributed by atoms with Gasteiger partial charge in [0.15, 0.2) is 0 Å². The minimum atomic E-state index is -1.12. The van der Waals surface area contributed by atoms with Crippen LogP contribution in [0.15, 0.2) is 12.4 Å². The molecule has 6 heteroatoms. The fourth-order valence-electron chi connectivity index (χ4n) is 3.25. The van der Waals surface area contributed by atoms with E-state index in [-0.39, 0.29) is 24.4 Å². The van der Waals surface area contributed by atoms with Crippen molar-refractivity contribution in [2.75, 3.05) is 19.6 Å². The van der Waals surface area contributed by atoms with Crippen LogP contribution in [0.1, 0.15) is 45.6 Å². The van der Waals surface area contributed by atoms with Crippen LogP contribution in [0, 0.1) is 5.92 Å². The summed E-state index contributed by atoms with van der Waals surface area (Å²) in [6.07, 6.45) is 6.97. The highest BCUT2D eigenvalue weighted by atomic mass is 16.3. The minimum Gasteiger partial charge on any atom is -0.383 e. The van der Waals surface area contributed by atoms with E-state index in [0.717, 1.165) is 25.9 Å². The van der Waals surface area contributed by atoms with Gasteiger partial charge in [0.25, 0.3) is 0 Å². The molecular weight excluding hydrogens is 292 g/mol. The first-order chi connectivity index (χ1) is 10.8. The lowest BCUT2D eigenvalue weighted by molar-refractivity contribution is -0.129. The van der Waals surface area contributed by atoms with Crippen LogP contribution in [0.4, 0.5) is 0 Å². The quantitative estimate of drug-likeness (QED) is 0.827. The van der Waals surface area contributed by atoms with Gasteiger partial charge in [0, 0.05) is 18.8 Å². The van der Waals surface area contributed by atoms with Gasteiger partial charge in [-0.3, -0.25) is 14.4 Å². The van der Waals surface area contributed by atoms with Crippen molar-refractivity contribution in [1.82, 2.24) is 20.0 Å². The third-order valence-electron chi connectivity index (χ3n) is 4.62. The predicted octanol–water partition coefficient (Wildman–Crippen LogP) is 1.25. The largest absolute Gasteiger partial charge is 0.383 e. The molecule has 130 valence electrons. The Bertz CT molecular complexity index is 518. The molecule has 0 bridgehead atoms. The molecule has 1 saturated heterocycles. The fraction of sp³-hybridized carbons (Fsp3) is 0.765. The Balaban J connectivity index is 1.98. The Kier molecular flexibility index (Phi) is 5.81.